The van der Waals surface area contributed by atoms with Crippen LogP contribution < -0.4 is 0 Å². The van der Waals surface area contributed by atoms with E-state index in [4.69, 9.17) is 9.47 Å². The predicted octanol–water partition coefficient (Wildman–Crippen LogP) is 0.583. The summed E-state index contributed by atoms with van der Waals surface area (Å²) in [5.74, 6) is 1.03. The maximum absolute atomic E-state index is 11.3. The van der Waals surface area contributed by atoms with Crippen LogP contribution in [-0.2, 0) is 14.3 Å². The molecule has 0 N–H and O–H groups in total. The third-order valence-corrected chi connectivity index (χ3v) is 3.47. The van der Waals surface area contributed by atoms with Crippen LogP contribution in [-0.4, -0.2) is 24.8 Å². The van der Waals surface area contributed by atoms with Gasteiger partial charge in [-0.2, -0.15) is 0 Å². The van der Waals surface area contributed by atoms with Gasteiger partial charge in [-0.25, -0.2) is 0 Å². The fourth-order valence-electron chi connectivity index (χ4n) is 2.93. The number of hydrogen-bond donors (Lipinski definition) is 0. The first-order valence-corrected chi connectivity index (χ1v) is 4.59. The van der Waals surface area contributed by atoms with Gasteiger partial charge in [-0.1, -0.05) is 6.92 Å². The Morgan fingerprint density at radius 3 is 3.17 bits per heavy atom. The second kappa shape index (κ2) is 2.02. The van der Waals surface area contributed by atoms with Gasteiger partial charge in [-0.05, 0) is 12.3 Å². The van der Waals surface area contributed by atoms with Crippen molar-refractivity contribution < 1.29 is 14.3 Å². The Kier molecular flexibility index (Phi) is 1.16. The van der Waals surface area contributed by atoms with Gasteiger partial charge in [0.15, 0.2) is 0 Å². The number of carbonyl (C=O) groups excluding carboxylic acids is 1. The molecule has 3 aliphatic rings. The molecule has 3 nitrogen and oxygen atoms in total. The fraction of sp³-hybridized carbons (Fsp3) is 0.889. The van der Waals surface area contributed by atoms with E-state index in [9.17, 15) is 4.79 Å². The Morgan fingerprint density at radius 1 is 1.50 bits per heavy atom. The smallest absolute Gasteiger partial charge is 0.312 e. The summed E-state index contributed by atoms with van der Waals surface area (Å²) in [5.41, 5.74) is 0. The van der Waals surface area contributed by atoms with E-state index in [1.54, 1.807) is 0 Å². The van der Waals surface area contributed by atoms with Gasteiger partial charge in [0.2, 0.25) is 0 Å². The topological polar surface area (TPSA) is 35.5 Å². The molecule has 2 bridgehead atoms. The summed E-state index contributed by atoms with van der Waals surface area (Å²) < 4.78 is 10.8. The number of cyclic esters (lactones) is 1. The van der Waals surface area contributed by atoms with E-state index in [2.05, 4.69) is 6.92 Å². The van der Waals surface area contributed by atoms with E-state index in [0.29, 0.717) is 24.5 Å². The van der Waals surface area contributed by atoms with Gasteiger partial charge in [-0.3, -0.25) is 4.79 Å². The van der Waals surface area contributed by atoms with Gasteiger partial charge in [0.25, 0.3) is 0 Å². The highest BCUT2D eigenvalue weighted by Crippen LogP contribution is 2.49. The Hall–Kier alpha value is -0.570. The average Bonchev–Trinajstić information content (AvgIpc) is 2.62. The molecule has 3 saturated heterocycles. The summed E-state index contributed by atoms with van der Waals surface area (Å²) in [6.45, 7) is 2.79. The first-order valence-electron chi connectivity index (χ1n) is 4.59. The maximum Gasteiger partial charge on any atom is 0.312 e. The molecule has 0 aromatic heterocycles. The van der Waals surface area contributed by atoms with Crippen molar-refractivity contribution in [3.05, 3.63) is 0 Å². The van der Waals surface area contributed by atoms with Crippen molar-refractivity contribution >= 4 is 5.97 Å². The minimum Gasteiger partial charge on any atom is -0.465 e. The molecule has 0 aliphatic carbocycles. The zero-order valence-corrected chi connectivity index (χ0v) is 7.03. The van der Waals surface area contributed by atoms with Crippen molar-refractivity contribution in [1.82, 2.24) is 0 Å². The lowest BCUT2D eigenvalue weighted by molar-refractivity contribution is -0.143. The molecule has 4 unspecified atom stereocenters. The summed E-state index contributed by atoms with van der Waals surface area (Å²) in [5, 5.41) is 0. The molecule has 3 aliphatic heterocycles. The van der Waals surface area contributed by atoms with Crippen molar-refractivity contribution in [2.75, 3.05) is 6.61 Å². The number of carbonyl (C=O) groups is 1. The Labute approximate surface area is 71.0 Å². The highest BCUT2D eigenvalue weighted by atomic mass is 16.6. The molecular formula is C9H12O3. The Bertz CT molecular complexity index is 238. The molecular weight excluding hydrogens is 156 g/mol. The van der Waals surface area contributed by atoms with Crippen molar-refractivity contribution in [1.29, 1.82) is 0 Å². The SMILES string of the molecule is C[C@@H]1CC2OC1C1COC(=O)C21. The molecule has 0 spiro atoms. The summed E-state index contributed by atoms with van der Waals surface area (Å²) in [6, 6.07) is 0. The second-order valence-electron chi connectivity index (χ2n) is 4.17. The van der Waals surface area contributed by atoms with Crippen LogP contribution in [0.15, 0.2) is 0 Å². The van der Waals surface area contributed by atoms with Gasteiger partial charge in [0.1, 0.15) is 0 Å². The summed E-state index contributed by atoms with van der Waals surface area (Å²) >= 11 is 0. The second-order valence-corrected chi connectivity index (χ2v) is 4.17. The van der Waals surface area contributed by atoms with Gasteiger partial charge in [0.05, 0.1) is 24.7 Å². The van der Waals surface area contributed by atoms with E-state index in [1.807, 2.05) is 0 Å². The number of ether oxygens (including phenoxy) is 2. The third-order valence-electron chi connectivity index (χ3n) is 3.47. The molecule has 5 atom stereocenters. The fourth-order valence-corrected chi connectivity index (χ4v) is 2.93. The molecule has 0 amide bonds. The lowest BCUT2D eigenvalue weighted by atomic mass is 9.76. The van der Waals surface area contributed by atoms with E-state index >= 15 is 0 Å². The number of fused-ring (bicyclic) bond motifs is 5. The van der Waals surface area contributed by atoms with Gasteiger partial charge in [-0.15, -0.1) is 0 Å². The molecule has 66 valence electrons. The lowest BCUT2D eigenvalue weighted by Crippen LogP contribution is -2.32. The minimum absolute atomic E-state index is 0.0283. The quantitative estimate of drug-likeness (QED) is 0.496. The molecule has 3 rings (SSSR count). The van der Waals surface area contributed by atoms with Crippen LogP contribution in [0.1, 0.15) is 13.3 Å². The predicted molar refractivity (Wildman–Crippen MR) is 40.4 cm³/mol. The zero-order chi connectivity index (χ0) is 8.29. The van der Waals surface area contributed by atoms with Crippen LogP contribution in [0.4, 0.5) is 0 Å². The number of hydrogen-bond acceptors (Lipinski definition) is 3. The normalized spacial score (nSPS) is 55.8. The molecule has 0 radical (unpaired) electrons. The van der Waals surface area contributed by atoms with Crippen LogP contribution in [0, 0.1) is 17.8 Å². The number of rotatable bonds is 0. The summed E-state index contributed by atoms with van der Waals surface area (Å²) in [7, 11) is 0. The molecule has 3 heteroatoms. The van der Waals surface area contributed by atoms with E-state index in [1.165, 1.54) is 0 Å². The van der Waals surface area contributed by atoms with Crippen molar-refractivity contribution in [2.24, 2.45) is 17.8 Å². The third kappa shape index (κ3) is 0.637. The largest absolute Gasteiger partial charge is 0.465 e. The monoisotopic (exact) mass is 168 g/mol. The van der Waals surface area contributed by atoms with Crippen molar-refractivity contribution in [3.63, 3.8) is 0 Å². The van der Waals surface area contributed by atoms with Crippen LogP contribution in [0.2, 0.25) is 0 Å². The first kappa shape index (κ1) is 6.89. The zero-order valence-electron chi connectivity index (χ0n) is 7.03. The molecule has 3 fully saturated rings. The summed E-state index contributed by atoms with van der Waals surface area (Å²) in [6.07, 6.45) is 1.51. The molecule has 0 aromatic carbocycles. The molecule has 0 saturated carbocycles. The highest BCUT2D eigenvalue weighted by molar-refractivity contribution is 5.76. The molecule has 3 heterocycles. The molecule has 12 heavy (non-hydrogen) atoms. The average molecular weight is 168 g/mol. The van der Waals surface area contributed by atoms with E-state index in [-0.39, 0.29) is 18.0 Å². The van der Waals surface area contributed by atoms with Crippen LogP contribution in [0.25, 0.3) is 0 Å². The van der Waals surface area contributed by atoms with Crippen LogP contribution >= 0.6 is 0 Å². The van der Waals surface area contributed by atoms with Crippen LogP contribution in [0.5, 0.6) is 0 Å². The lowest BCUT2D eigenvalue weighted by Gasteiger charge is -2.21. The van der Waals surface area contributed by atoms with Gasteiger partial charge >= 0.3 is 5.97 Å². The summed E-state index contributed by atoms with van der Waals surface area (Å²) in [4.78, 5) is 11.3. The maximum atomic E-state index is 11.3. The standard InChI is InChI=1S/C9H12O3/c1-4-2-6-7-5(8(4)12-6)3-11-9(7)10/h4-8H,2-3H2,1H3/t4-,5?,6?,7?,8?/m1/s1. The molecule has 0 aromatic rings. The van der Waals surface area contributed by atoms with E-state index in [0.717, 1.165) is 6.42 Å². The van der Waals surface area contributed by atoms with Crippen molar-refractivity contribution in [3.8, 4) is 0 Å². The van der Waals surface area contributed by atoms with E-state index < -0.39 is 0 Å². The van der Waals surface area contributed by atoms with Crippen molar-refractivity contribution in [2.45, 2.75) is 25.6 Å². The highest BCUT2D eigenvalue weighted by Gasteiger charge is 2.59. The Morgan fingerprint density at radius 2 is 2.33 bits per heavy atom. The number of esters is 1. The van der Waals surface area contributed by atoms with Gasteiger partial charge < -0.3 is 9.47 Å². The minimum atomic E-state index is -0.0283. The first-order chi connectivity index (χ1) is 5.77. The van der Waals surface area contributed by atoms with Crippen LogP contribution in [0.3, 0.4) is 0 Å². The Balaban J connectivity index is 1.94. The van der Waals surface area contributed by atoms with Gasteiger partial charge in [0, 0.05) is 5.92 Å².